The molecule has 0 aliphatic heterocycles. The Kier molecular flexibility index (Phi) is 3.18. The second-order valence-corrected chi connectivity index (χ2v) is 2.00. The van der Waals surface area contributed by atoms with Gasteiger partial charge in [0.2, 0.25) is 0 Å². The van der Waals surface area contributed by atoms with E-state index in [-0.39, 0.29) is 6.54 Å². The predicted molar refractivity (Wildman–Crippen MR) is 39.7 cm³/mol. The van der Waals surface area contributed by atoms with E-state index in [2.05, 4.69) is 4.98 Å². The van der Waals surface area contributed by atoms with Crippen LogP contribution in [0.3, 0.4) is 0 Å². The predicted octanol–water partition coefficient (Wildman–Crippen LogP) is -0.0342. The van der Waals surface area contributed by atoms with Crippen LogP contribution in [0.1, 0.15) is 0 Å². The zero-order valence-corrected chi connectivity index (χ0v) is 6.23. The maximum absolute atomic E-state index is 10.7. The summed E-state index contributed by atoms with van der Waals surface area (Å²) in [5, 5.41) is 8.15. The highest BCUT2D eigenvalue weighted by Gasteiger charge is 2.01. The average Bonchev–Trinajstić information content (AvgIpc) is 2.06. The van der Waals surface area contributed by atoms with Gasteiger partial charge in [-0.25, -0.2) is 0 Å². The van der Waals surface area contributed by atoms with E-state index in [0.29, 0.717) is 5.75 Å². The third-order valence-electron chi connectivity index (χ3n) is 1.09. The maximum atomic E-state index is 10.7. The van der Waals surface area contributed by atoms with Crippen molar-refractivity contribution in [2.75, 3.05) is 6.54 Å². The minimum Gasteiger partial charge on any atom is -0.424 e. The van der Waals surface area contributed by atoms with Crippen LogP contribution in [0.2, 0.25) is 0 Å². The minimum atomic E-state index is -0.564. The lowest BCUT2D eigenvalue weighted by atomic mass is 10.5. The van der Waals surface area contributed by atoms with Gasteiger partial charge in [0, 0.05) is 6.20 Å². The highest BCUT2D eigenvalue weighted by molar-refractivity contribution is 5.74. The number of esters is 1. The Bertz CT molecular complexity index is 250. The van der Waals surface area contributed by atoms with E-state index in [4.69, 9.17) is 9.94 Å². The summed E-state index contributed by atoms with van der Waals surface area (Å²) in [6.45, 7) is -0.241. The summed E-state index contributed by atoms with van der Waals surface area (Å²) >= 11 is 0. The Hall–Kier alpha value is -1.46. The maximum Gasteiger partial charge on any atom is 0.327 e. The van der Waals surface area contributed by atoms with Crippen LogP contribution in [0.15, 0.2) is 24.5 Å². The number of hydroxylamine groups is 1. The first-order valence-corrected chi connectivity index (χ1v) is 3.30. The highest BCUT2D eigenvalue weighted by Crippen LogP contribution is 2.05. The van der Waals surface area contributed by atoms with Crippen LogP contribution in [-0.2, 0) is 4.79 Å². The number of aromatic nitrogens is 1. The molecule has 0 aliphatic carbocycles. The highest BCUT2D eigenvalue weighted by atomic mass is 16.5. The van der Waals surface area contributed by atoms with Crippen LogP contribution in [0, 0.1) is 0 Å². The van der Waals surface area contributed by atoms with Gasteiger partial charge in [0.05, 0.1) is 6.20 Å². The van der Waals surface area contributed by atoms with E-state index in [1.165, 1.54) is 6.20 Å². The fourth-order valence-electron chi connectivity index (χ4n) is 0.640. The second-order valence-electron chi connectivity index (χ2n) is 2.00. The average molecular weight is 168 g/mol. The Morgan fingerprint density at radius 3 is 3.17 bits per heavy atom. The third kappa shape index (κ3) is 2.65. The third-order valence-corrected chi connectivity index (χ3v) is 1.09. The van der Waals surface area contributed by atoms with Gasteiger partial charge in [-0.05, 0) is 12.1 Å². The summed E-state index contributed by atoms with van der Waals surface area (Å²) in [6.07, 6.45) is 2.98. The molecule has 0 bridgehead atoms. The van der Waals surface area contributed by atoms with Crippen LogP contribution in [0.4, 0.5) is 0 Å². The van der Waals surface area contributed by atoms with E-state index in [1.54, 1.807) is 23.8 Å². The van der Waals surface area contributed by atoms with Crippen LogP contribution in [0.25, 0.3) is 0 Å². The number of pyridine rings is 1. The van der Waals surface area contributed by atoms with Crippen molar-refractivity contribution in [1.29, 1.82) is 0 Å². The molecule has 0 fully saturated rings. The smallest absolute Gasteiger partial charge is 0.327 e. The molecular weight excluding hydrogens is 160 g/mol. The number of rotatable bonds is 3. The Morgan fingerprint density at radius 2 is 2.58 bits per heavy atom. The summed E-state index contributed by atoms with van der Waals surface area (Å²) in [5.74, 6) is -0.205. The van der Waals surface area contributed by atoms with E-state index in [1.807, 2.05) is 0 Å². The molecule has 0 unspecified atom stereocenters. The Balaban J connectivity index is 2.47. The van der Waals surface area contributed by atoms with Gasteiger partial charge in [-0.2, -0.15) is 5.48 Å². The first kappa shape index (κ1) is 8.63. The molecule has 64 valence electrons. The first-order chi connectivity index (χ1) is 5.83. The van der Waals surface area contributed by atoms with E-state index in [0.717, 1.165) is 0 Å². The standard InChI is InChI=1S/C7H8N2O3/c10-7(5-9-11)12-6-2-1-3-8-4-6/h1-4,9,11H,5H2. The van der Waals surface area contributed by atoms with Crippen LogP contribution in [0.5, 0.6) is 5.75 Å². The van der Waals surface area contributed by atoms with Gasteiger partial charge in [-0.3, -0.25) is 9.78 Å². The second kappa shape index (κ2) is 4.42. The fourth-order valence-corrected chi connectivity index (χ4v) is 0.640. The monoisotopic (exact) mass is 168 g/mol. The van der Waals surface area contributed by atoms with Crippen molar-refractivity contribution in [2.24, 2.45) is 0 Å². The zero-order valence-electron chi connectivity index (χ0n) is 6.23. The van der Waals surface area contributed by atoms with Gasteiger partial charge in [0.15, 0.2) is 0 Å². The summed E-state index contributed by atoms with van der Waals surface area (Å²) in [7, 11) is 0. The quantitative estimate of drug-likeness (QED) is 0.489. The van der Waals surface area contributed by atoms with Gasteiger partial charge in [-0.15, -0.1) is 0 Å². The summed E-state index contributed by atoms with van der Waals surface area (Å²) in [6, 6.07) is 3.25. The molecule has 0 amide bonds. The van der Waals surface area contributed by atoms with Crippen molar-refractivity contribution < 1.29 is 14.7 Å². The number of carbonyl (C=O) groups excluding carboxylic acids is 1. The van der Waals surface area contributed by atoms with Crippen molar-refractivity contribution in [3.63, 3.8) is 0 Å². The topological polar surface area (TPSA) is 71.5 Å². The molecule has 1 rings (SSSR count). The lowest BCUT2D eigenvalue weighted by molar-refractivity contribution is -0.135. The summed E-state index contributed by atoms with van der Waals surface area (Å²) in [5.41, 5.74) is 1.69. The molecule has 0 atom stereocenters. The number of ether oxygens (including phenoxy) is 1. The van der Waals surface area contributed by atoms with Gasteiger partial charge in [0.1, 0.15) is 12.3 Å². The molecule has 0 spiro atoms. The number of hydrogen-bond acceptors (Lipinski definition) is 5. The van der Waals surface area contributed by atoms with Crippen molar-refractivity contribution >= 4 is 5.97 Å². The number of carbonyl (C=O) groups is 1. The number of nitrogens with one attached hydrogen (secondary N) is 1. The van der Waals surface area contributed by atoms with Gasteiger partial charge >= 0.3 is 5.97 Å². The van der Waals surface area contributed by atoms with Gasteiger partial charge in [0.25, 0.3) is 0 Å². The van der Waals surface area contributed by atoms with E-state index >= 15 is 0 Å². The zero-order chi connectivity index (χ0) is 8.81. The molecule has 0 aliphatic rings. The first-order valence-electron chi connectivity index (χ1n) is 3.30. The van der Waals surface area contributed by atoms with Crippen LogP contribution >= 0.6 is 0 Å². The molecule has 0 saturated heterocycles. The molecule has 1 aromatic heterocycles. The molecule has 0 radical (unpaired) electrons. The molecule has 1 heterocycles. The molecule has 5 heteroatoms. The van der Waals surface area contributed by atoms with E-state index < -0.39 is 5.97 Å². The molecule has 1 aromatic rings. The van der Waals surface area contributed by atoms with Crippen LogP contribution in [-0.4, -0.2) is 22.7 Å². The van der Waals surface area contributed by atoms with Crippen molar-refractivity contribution in [2.45, 2.75) is 0 Å². The van der Waals surface area contributed by atoms with Crippen molar-refractivity contribution in [1.82, 2.24) is 10.5 Å². The molecular formula is C7H8N2O3. The number of hydrogen-bond donors (Lipinski definition) is 2. The Labute approximate surface area is 69.0 Å². The number of nitrogens with zero attached hydrogens (tertiary/aromatic N) is 1. The normalized spacial score (nSPS) is 9.42. The lowest BCUT2D eigenvalue weighted by Crippen LogP contribution is -2.23. The van der Waals surface area contributed by atoms with Crippen molar-refractivity contribution in [3.8, 4) is 5.75 Å². The molecule has 0 aromatic carbocycles. The van der Waals surface area contributed by atoms with E-state index in [9.17, 15) is 4.79 Å². The van der Waals surface area contributed by atoms with Gasteiger partial charge < -0.3 is 9.94 Å². The minimum absolute atomic E-state index is 0.241. The molecule has 2 N–H and O–H groups in total. The largest absolute Gasteiger partial charge is 0.424 e. The SMILES string of the molecule is O=C(CNO)Oc1cccnc1. The summed E-state index contributed by atoms with van der Waals surface area (Å²) < 4.78 is 4.73. The summed E-state index contributed by atoms with van der Waals surface area (Å²) in [4.78, 5) is 14.5. The van der Waals surface area contributed by atoms with Gasteiger partial charge in [-0.1, -0.05) is 0 Å². The molecule has 12 heavy (non-hydrogen) atoms. The Morgan fingerprint density at radius 1 is 1.75 bits per heavy atom. The van der Waals surface area contributed by atoms with Crippen molar-refractivity contribution in [3.05, 3.63) is 24.5 Å². The fraction of sp³-hybridized carbons (Fsp3) is 0.143. The molecule has 5 nitrogen and oxygen atoms in total. The molecule has 0 saturated carbocycles. The van der Waals surface area contributed by atoms with Crippen LogP contribution < -0.4 is 10.2 Å². The lowest BCUT2D eigenvalue weighted by Gasteiger charge is -2.00.